The van der Waals surface area contributed by atoms with Crippen molar-refractivity contribution in [1.82, 2.24) is 0 Å². The van der Waals surface area contributed by atoms with Crippen LogP contribution in [-0.4, -0.2) is 23.5 Å². The van der Waals surface area contributed by atoms with Crippen LogP contribution >= 0.6 is 0 Å². The SMILES string of the molecule is CCC[CH2][Sn]([CH2]CCC)([CH2]CCC)[c]1ccccc1O. The van der Waals surface area contributed by atoms with Gasteiger partial charge in [-0.15, -0.1) is 0 Å². The van der Waals surface area contributed by atoms with Gasteiger partial charge in [0.05, 0.1) is 0 Å². The first-order valence-electron chi connectivity index (χ1n) is 8.48. The van der Waals surface area contributed by atoms with Crippen LogP contribution in [0.5, 0.6) is 5.75 Å². The molecule has 114 valence electrons. The minimum absolute atomic E-state index is 0.589. The number of unbranched alkanes of at least 4 members (excludes halogenated alkanes) is 3. The van der Waals surface area contributed by atoms with E-state index in [0.29, 0.717) is 5.75 Å². The van der Waals surface area contributed by atoms with E-state index < -0.39 is 18.4 Å². The van der Waals surface area contributed by atoms with Gasteiger partial charge < -0.3 is 0 Å². The van der Waals surface area contributed by atoms with Gasteiger partial charge in [-0.25, -0.2) is 0 Å². The Morgan fingerprint density at radius 2 is 1.25 bits per heavy atom. The molecule has 0 unspecified atom stereocenters. The molecule has 0 bridgehead atoms. The Kier molecular flexibility index (Phi) is 8.67. The maximum absolute atomic E-state index is 10.4. The number of phenolic OH excluding ortho intramolecular Hbond substituents is 1. The van der Waals surface area contributed by atoms with Crippen LogP contribution in [0.4, 0.5) is 0 Å². The molecule has 0 aliphatic heterocycles. The molecule has 1 N–H and O–H groups in total. The zero-order valence-corrected chi connectivity index (χ0v) is 16.5. The van der Waals surface area contributed by atoms with Crippen molar-refractivity contribution in [2.45, 2.75) is 72.6 Å². The summed E-state index contributed by atoms with van der Waals surface area (Å²) in [6, 6.07) is 8.25. The summed E-state index contributed by atoms with van der Waals surface area (Å²) in [6.07, 6.45) is 7.88. The Labute approximate surface area is 129 Å². The molecule has 0 fully saturated rings. The monoisotopic (exact) mass is 384 g/mol. The normalized spacial score (nSPS) is 11.8. The molecule has 1 rings (SSSR count). The standard InChI is InChI=1S/C6H5O.3C4H9.Sn/c7-6-4-2-1-3-5-6;3*1-3-4-2;/h1-4,7H;3*1,3-4H2,2H3;. The van der Waals surface area contributed by atoms with E-state index in [1.807, 2.05) is 12.1 Å². The molecule has 2 heteroatoms. The number of rotatable bonds is 10. The van der Waals surface area contributed by atoms with Crippen LogP contribution in [0, 0.1) is 0 Å². The molecule has 0 heterocycles. The Morgan fingerprint density at radius 1 is 0.800 bits per heavy atom. The Balaban J connectivity index is 3.08. The molecule has 0 amide bonds. The van der Waals surface area contributed by atoms with Gasteiger partial charge in [0.2, 0.25) is 0 Å². The van der Waals surface area contributed by atoms with Gasteiger partial charge in [0.15, 0.2) is 0 Å². The average Bonchev–Trinajstić information content (AvgIpc) is 2.48. The van der Waals surface area contributed by atoms with Crippen LogP contribution in [0.25, 0.3) is 0 Å². The zero-order chi connectivity index (χ0) is 14.8. The number of phenols is 1. The number of benzene rings is 1. The molecule has 0 saturated heterocycles. The van der Waals surface area contributed by atoms with Gasteiger partial charge in [0.25, 0.3) is 0 Å². The van der Waals surface area contributed by atoms with Crippen molar-refractivity contribution >= 4 is 22.0 Å². The number of hydrogen-bond acceptors (Lipinski definition) is 1. The third kappa shape index (κ3) is 4.98. The Hall–Kier alpha value is -0.181. The molecule has 0 aliphatic carbocycles. The van der Waals surface area contributed by atoms with Gasteiger partial charge in [-0.05, 0) is 0 Å². The van der Waals surface area contributed by atoms with Gasteiger partial charge in [0.1, 0.15) is 0 Å². The van der Waals surface area contributed by atoms with E-state index in [0.717, 1.165) is 0 Å². The van der Waals surface area contributed by atoms with Gasteiger partial charge in [-0.1, -0.05) is 0 Å². The van der Waals surface area contributed by atoms with Crippen LogP contribution in [0.15, 0.2) is 24.3 Å². The molecule has 0 radical (unpaired) electrons. The fourth-order valence-corrected chi connectivity index (χ4v) is 19.6. The summed E-state index contributed by atoms with van der Waals surface area (Å²) < 4.78 is 5.66. The Bertz CT molecular complexity index is 354. The minimum atomic E-state index is -2.41. The van der Waals surface area contributed by atoms with Crippen molar-refractivity contribution in [3.05, 3.63) is 24.3 Å². The Morgan fingerprint density at radius 3 is 1.65 bits per heavy atom. The van der Waals surface area contributed by atoms with Crippen molar-refractivity contribution in [3.63, 3.8) is 0 Å². The van der Waals surface area contributed by atoms with Crippen molar-refractivity contribution in [3.8, 4) is 5.75 Å². The molecular weight excluding hydrogens is 351 g/mol. The van der Waals surface area contributed by atoms with Gasteiger partial charge in [-0.2, -0.15) is 0 Å². The number of para-hydroxylation sites is 1. The van der Waals surface area contributed by atoms with Gasteiger partial charge in [0, 0.05) is 0 Å². The first-order valence-corrected chi connectivity index (χ1v) is 16.0. The van der Waals surface area contributed by atoms with Crippen LogP contribution in [0.2, 0.25) is 13.3 Å². The summed E-state index contributed by atoms with van der Waals surface area (Å²) in [7, 11) is 0. The maximum atomic E-state index is 10.4. The summed E-state index contributed by atoms with van der Waals surface area (Å²) in [6.45, 7) is 6.88. The second-order valence-corrected chi connectivity index (χ2v) is 19.2. The van der Waals surface area contributed by atoms with E-state index >= 15 is 0 Å². The fraction of sp³-hybridized carbons (Fsp3) is 0.667. The first-order chi connectivity index (χ1) is 9.70. The van der Waals surface area contributed by atoms with Crippen molar-refractivity contribution < 1.29 is 5.11 Å². The van der Waals surface area contributed by atoms with Crippen LogP contribution in [0.1, 0.15) is 59.3 Å². The molecule has 20 heavy (non-hydrogen) atoms. The molecular formula is C18H32OSn. The molecule has 0 saturated carbocycles. The topological polar surface area (TPSA) is 20.2 Å². The first kappa shape index (κ1) is 17.9. The predicted molar refractivity (Wildman–Crippen MR) is 92.6 cm³/mol. The average molecular weight is 383 g/mol. The molecule has 0 spiro atoms. The zero-order valence-electron chi connectivity index (χ0n) is 13.6. The summed E-state index contributed by atoms with van der Waals surface area (Å²) in [4.78, 5) is 0. The van der Waals surface area contributed by atoms with E-state index in [2.05, 4.69) is 32.9 Å². The van der Waals surface area contributed by atoms with Crippen LogP contribution < -0.4 is 3.58 Å². The summed E-state index contributed by atoms with van der Waals surface area (Å²) in [5.74, 6) is 0.589. The number of aromatic hydroxyl groups is 1. The van der Waals surface area contributed by atoms with E-state index in [1.165, 1.54) is 55.4 Å². The molecule has 0 aliphatic rings. The third-order valence-corrected chi connectivity index (χ3v) is 20.2. The molecule has 0 atom stereocenters. The molecule has 0 aromatic heterocycles. The van der Waals surface area contributed by atoms with Crippen molar-refractivity contribution in [1.29, 1.82) is 0 Å². The predicted octanol–water partition coefficient (Wildman–Crippen LogP) is 5.45. The van der Waals surface area contributed by atoms with E-state index in [-0.39, 0.29) is 0 Å². The molecule has 1 nitrogen and oxygen atoms in total. The fourth-order valence-electron chi connectivity index (χ4n) is 3.25. The summed E-state index contributed by atoms with van der Waals surface area (Å²) in [5, 5.41) is 10.4. The molecule has 1 aromatic carbocycles. The second kappa shape index (κ2) is 9.70. The van der Waals surface area contributed by atoms with E-state index in [1.54, 1.807) is 0 Å². The van der Waals surface area contributed by atoms with Crippen molar-refractivity contribution in [2.24, 2.45) is 0 Å². The van der Waals surface area contributed by atoms with Crippen LogP contribution in [0.3, 0.4) is 0 Å². The number of hydrogen-bond donors (Lipinski definition) is 1. The van der Waals surface area contributed by atoms with Gasteiger partial charge in [-0.3, -0.25) is 0 Å². The summed E-state index contributed by atoms with van der Waals surface area (Å²) >= 11 is -2.41. The van der Waals surface area contributed by atoms with E-state index in [9.17, 15) is 5.11 Å². The second-order valence-electron chi connectivity index (χ2n) is 6.11. The van der Waals surface area contributed by atoms with Gasteiger partial charge >= 0.3 is 130 Å². The van der Waals surface area contributed by atoms with Crippen LogP contribution in [-0.2, 0) is 0 Å². The molecule has 1 aromatic rings. The third-order valence-electron chi connectivity index (χ3n) is 4.50. The van der Waals surface area contributed by atoms with E-state index in [4.69, 9.17) is 0 Å². The quantitative estimate of drug-likeness (QED) is 0.533. The van der Waals surface area contributed by atoms with Crippen molar-refractivity contribution in [2.75, 3.05) is 0 Å². The summed E-state index contributed by atoms with van der Waals surface area (Å²) in [5.41, 5.74) is 0.